The van der Waals surface area contributed by atoms with Crippen LogP contribution in [-0.2, 0) is 20.8 Å². The molecule has 1 aliphatic heterocycles. The number of nitrogens with two attached hydrogens (primary N) is 1. The number of amides is 2. The van der Waals surface area contributed by atoms with Crippen LogP contribution in [0.25, 0.3) is 0 Å². The maximum absolute atomic E-state index is 12.5. The van der Waals surface area contributed by atoms with Crippen LogP contribution >= 0.6 is 0 Å². The molecule has 196 valence electrons. The minimum atomic E-state index is -0.473. The molecule has 0 radical (unpaired) electrons. The van der Waals surface area contributed by atoms with Gasteiger partial charge in [0, 0.05) is 13.0 Å². The standard InChI is InChI=1S/C14H24N2O3.C11H16.C2H6.CH5N/c1-4-6-12-7-5-8-13(15-11(3)18)14(19)16(12)9-10(2)17;1-2-3-5-8-11-9-6-4-7-10-11;2*1-2/h12-13H,4-9H2,1-3H3,(H,15,18);4,6-7,9-10H,2-3,5,8H2,1H3;1-2H3;2H2,1H3/t12-,13?;;;/m1.../s1. The van der Waals surface area contributed by atoms with Gasteiger partial charge in [-0.2, -0.15) is 0 Å². The number of carbonyl (C=O) groups excluding carboxylic acids is 3. The summed E-state index contributed by atoms with van der Waals surface area (Å²) in [5, 5.41) is 2.70. The third-order valence-corrected chi connectivity index (χ3v) is 5.36. The molecule has 0 spiro atoms. The molecule has 2 rings (SSSR count). The first-order valence-corrected chi connectivity index (χ1v) is 13.1. The Balaban J connectivity index is 0. The zero-order valence-corrected chi connectivity index (χ0v) is 22.9. The van der Waals surface area contributed by atoms with Crippen molar-refractivity contribution in [3.63, 3.8) is 0 Å². The summed E-state index contributed by atoms with van der Waals surface area (Å²) in [6, 6.07) is 10.4. The molecule has 0 saturated carbocycles. The number of nitrogens with one attached hydrogen (secondary N) is 1. The number of rotatable bonds is 9. The van der Waals surface area contributed by atoms with Gasteiger partial charge in [-0.25, -0.2) is 0 Å². The molecule has 1 unspecified atom stereocenters. The number of aryl methyl sites for hydroxylation is 1. The Morgan fingerprint density at radius 2 is 1.62 bits per heavy atom. The molecule has 2 atom stereocenters. The van der Waals surface area contributed by atoms with Gasteiger partial charge in [0.15, 0.2) is 0 Å². The molecule has 1 aromatic carbocycles. The van der Waals surface area contributed by atoms with Gasteiger partial charge in [-0.3, -0.25) is 14.4 Å². The summed E-state index contributed by atoms with van der Waals surface area (Å²) in [4.78, 5) is 36.7. The highest BCUT2D eigenvalue weighted by molar-refractivity contribution is 5.90. The summed E-state index contributed by atoms with van der Waals surface area (Å²) < 4.78 is 0. The van der Waals surface area contributed by atoms with E-state index in [0.29, 0.717) is 6.42 Å². The largest absolute Gasteiger partial charge is 0.345 e. The number of likely N-dealkylation sites (tertiary alicyclic amines) is 1. The Labute approximate surface area is 209 Å². The Morgan fingerprint density at radius 1 is 1.00 bits per heavy atom. The van der Waals surface area contributed by atoms with E-state index in [0.717, 1.165) is 25.7 Å². The summed E-state index contributed by atoms with van der Waals surface area (Å²) in [7, 11) is 1.50. The topological polar surface area (TPSA) is 92.5 Å². The average molecular weight is 478 g/mol. The molecule has 2 amide bonds. The van der Waals surface area contributed by atoms with Gasteiger partial charge in [0.2, 0.25) is 11.8 Å². The highest BCUT2D eigenvalue weighted by Crippen LogP contribution is 2.21. The van der Waals surface area contributed by atoms with Gasteiger partial charge in [-0.1, -0.05) is 77.3 Å². The maximum atomic E-state index is 12.5. The number of hydrogen-bond donors (Lipinski definition) is 2. The van der Waals surface area contributed by atoms with Crippen LogP contribution in [0.15, 0.2) is 30.3 Å². The lowest BCUT2D eigenvalue weighted by molar-refractivity contribution is -0.140. The zero-order valence-electron chi connectivity index (χ0n) is 22.9. The lowest BCUT2D eigenvalue weighted by Crippen LogP contribution is -2.51. The minimum absolute atomic E-state index is 0.0158. The van der Waals surface area contributed by atoms with Crippen molar-refractivity contribution in [3.8, 4) is 0 Å². The van der Waals surface area contributed by atoms with Crippen molar-refractivity contribution in [1.29, 1.82) is 0 Å². The fourth-order valence-corrected chi connectivity index (χ4v) is 3.90. The molecular formula is C28H51N3O3. The molecule has 0 aromatic heterocycles. The minimum Gasteiger partial charge on any atom is -0.345 e. The monoisotopic (exact) mass is 477 g/mol. The molecule has 6 nitrogen and oxygen atoms in total. The number of nitrogens with zero attached hydrogens (tertiary/aromatic N) is 1. The van der Waals surface area contributed by atoms with Crippen molar-refractivity contribution >= 4 is 17.6 Å². The van der Waals surface area contributed by atoms with E-state index < -0.39 is 6.04 Å². The van der Waals surface area contributed by atoms with Gasteiger partial charge >= 0.3 is 0 Å². The second-order valence-electron chi connectivity index (χ2n) is 8.24. The Bertz CT molecular complexity index is 650. The third-order valence-electron chi connectivity index (χ3n) is 5.36. The lowest BCUT2D eigenvalue weighted by Gasteiger charge is -2.31. The third kappa shape index (κ3) is 15.6. The molecule has 1 fully saturated rings. The van der Waals surface area contributed by atoms with Crippen LogP contribution in [0.3, 0.4) is 0 Å². The van der Waals surface area contributed by atoms with E-state index in [4.69, 9.17) is 0 Å². The Kier molecular flexibility index (Phi) is 22.5. The summed E-state index contributed by atoms with van der Waals surface area (Å²) in [5.74, 6) is -0.325. The van der Waals surface area contributed by atoms with Gasteiger partial charge in [0.25, 0.3) is 0 Å². The van der Waals surface area contributed by atoms with Crippen LogP contribution in [0, 0.1) is 0 Å². The van der Waals surface area contributed by atoms with Gasteiger partial charge < -0.3 is 16.0 Å². The Morgan fingerprint density at radius 3 is 2.12 bits per heavy atom. The number of carbonyl (C=O) groups is 3. The predicted molar refractivity (Wildman–Crippen MR) is 144 cm³/mol. The fourth-order valence-electron chi connectivity index (χ4n) is 3.90. The van der Waals surface area contributed by atoms with Crippen molar-refractivity contribution in [2.75, 3.05) is 13.6 Å². The van der Waals surface area contributed by atoms with Crippen LogP contribution in [0.5, 0.6) is 0 Å². The molecule has 3 N–H and O–H groups in total. The number of benzene rings is 1. The molecule has 1 aliphatic rings. The number of hydrogen-bond acceptors (Lipinski definition) is 4. The van der Waals surface area contributed by atoms with Gasteiger partial charge in [-0.05, 0) is 58.1 Å². The highest BCUT2D eigenvalue weighted by atomic mass is 16.2. The van der Waals surface area contributed by atoms with Gasteiger partial charge in [0.1, 0.15) is 11.8 Å². The number of unbranched alkanes of at least 4 members (excludes halogenated alkanes) is 2. The Hall–Kier alpha value is -2.21. The summed E-state index contributed by atoms with van der Waals surface area (Å²) >= 11 is 0. The first-order chi connectivity index (χ1) is 16.4. The molecule has 1 saturated heterocycles. The van der Waals surface area contributed by atoms with E-state index in [-0.39, 0.29) is 30.2 Å². The van der Waals surface area contributed by atoms with Crippen molar-refractivity contribution in [2.45, 2.75) is 111 Å². The van der Waals surface area contributed by atoms with Crippen LogP contribution in [0.1, 0.15) is 98.5 Å². The second kappa shape index (κ2) is 22.6. The van der Waals surface area contributed by atoms with Crippen molar-refractivity contribution in [1.82, 2.24) is 10.2 Å². The molecule has 0 bridgehead atoms. The van der Waals surface area contributed by atoms with Crippen molar-refractivity contribution in [3.05, 3.63) is 35.9 Å². The zero-order chi connectivity index (χ0) is 26.4. The quantitative estimate of drug-likeness (QED) is 0.473. The summed E-state index contributed by atoms with van der Waals surface area (Å²) in [6.07, 6.45) is 9.60. The van der Waals surface area contributed by atoms with Crippen LogP contribution in [-0.4, -0.2) is 48.2 Å². The van der Waals surface area contributed by atoms with Crippen LogP contribution in [0.4, 0.5) is 0 Å². The van der Waals surface area contributed by atoms with E-state index in [2.05, 4.69) is 55.2 Å². The molecule has 0 aliphatic carbocycles. The first-order valence-electron chi connectivity index (χ1n) is 13.1. The smallest absolute Gasteiger partial charge is 0.245 e. The van der Waals surface area contributed by atoms with E-state index >= 15 is 0 Å². The molecule has 1 aromatic rings. The summed E-state index contributed by atoms with van der Waals surface area (Å²) in [6.45, 7) is 11.4. The lowest BCUT2D eigenvalue weighted by atomic mass is 10.0. The maximum Gasteiger partial charge on any atom is 0.245 e. The van der Waals surface area contributed by atoms with E-state index in [1.54, 1.807) is 4.90 Å². The van der Waals surface area contributed by atoms with E-state index in [1.807, 2.05) is 13.8 Å². The summed E-state index contributed by atoms with van der Waals surface area (Å²) in [5.41, 5.74) is 5.97. The first kappa shape index (κ1) is 34.0. The van der Waals surface area contributed by atoms with Crippen LogP contribution < -0.4 is 11.1 Å². The van der Waals surface area contributed by atoms with E-state index in [9.17, 15) is 14.4 Å². The molecule has 1 heterocycles. The number of ketones is 1. The molecule has 34 heavy (non-hydrogen) atoms. The van der Waals surface area contributed by atoms with E-state index in [1.165, 1.54) is 52.1 Å². The predicted octanol–water partition coefficient (Wildman–Crippen LogP) is 5.28. The van der Waals surface area contributed by atoms with Crippen molar-refractivity contribution in [2.24, 2.45) is 5.73 Å². The second-order valence-corrected chi connectivity index (χ2v) is 8.24. The van der Waals surface area contributed by atoms with Crippen LogP contribution in [0.2, 0.25) is 0 Å². The average Bonchev–Trinajstić information content (AvgIpc) is 2.97. The number of Topliss-reactive ketones (excluding diaryl/α,β-unsaturated/α-hetero) is 1. The highest BCUT2D eigenvalue weighted by Gasteiger charge is 2.33. The SMILES string of the molecule is CC.CCCCCc1ccccc1.CCC[C@@H]1CCCC(NC(C)=O)C(=O)N1CC(C)=O.CN. The fraction of sp³-hybridized carbons (Fsp3) is 0.679. The van der Waals surface area contributed by atoms with Gasteiger partial charge in [0.05, 0.1) is 6.54 Å². The van der Waals surface area contributed by atoms with Crippen molar-refractivity contribution < 1.29 is 14.4 Å². The normalized spacial score (nSPS) is 16.9. The molecular weight excluding hydrogens is 426 g/mol. The van der Waals surface area contributed by atoms with Gasteiger partial charge in [-0.15, -0.1) is 0 Å². The molecule has 6 heteroatoms.